The van der Waals surface area contributed by atoms with Gasteiger partial charge in [0.15, 0.2) is 0 Å². The van der Waals surface area contributed by atoms with Crippen molar-refractivity contribution in [2.24, 2.45) is 0 Å². The van der Waals surface area contributed by atoms with Crippen LogP contribution in [0.2, 0.25) is 0 Å². The number of aromatic amines is 1. The lowest BCUT2D eigenvalue weighted by atomic mass is 10.1. The van der Waals surface area contributed by atoms with Crippen molar-refractivity contribution in [1.82, 2.24) is 19.2 Å². The molecule has 0 saturated heterocycles. The van der Waals surface area contributed by atoms with Gasteiger partial charge in [-0.05, 0) is 42.3 Å². The number of aromatic nitrogens is 2. The molecule has 0 aliphatic rings. The van der Waals surface area contributed by atoms with Crippen molar-refractivity contribution in [3.8, 4) is 0 Å². The number of aryl methyl sites for hydroxylation is 1. The molecule has 1 unspecified atom stereocenters. The van der Waals surface area contributed by atoms with Crippen molar-refractivity contribution in [2.75, 3.05) is 12.8 Å². The maximum absolute atomic E-state index is 13.4. The van der Waals surface area contributed by atoms with Crippen molar-refractivity contribution >= 4 is 32.7 Å². The molecule has 0 fully saturated rings. The van der Waals surface area contributed by atoms with Crippen LogP contribution in [0.1, 0.15) is 12.0 Å². The van der Waals surface area contributed by atoms with Crippen LogP contribution < -0.4 is 10.5 Å². The number of rotatable bonds is 9. The van der Waals surface area contributed by atoms with Crippen LogP contribution in [0, 0.1) is 0 Å². The SMILES string of the molecule is CN(Cc1ccccc1)C(=O)C(CCn1cccc1N)NS(=O)(=O)c1cccc2[nH]ccc12. The van der Waals surface area contributed by atoms with Crippen molar-refractivity contribution in [1.29, 1.82) is 0 Å². The molecule has 0 aliphatic heterocycles. The molecule has 0 radical (unpaired) electrons. The maximum Gasteiger partial charge on any atom is 0.241 e. The monoisotopic (exact) mass is 465 g/mol. The average Bonchev–Trinajstić information content (AvgIpc) is 3.45. The number of carbonyl (C=O) groups is 1. The number of likely N-dealkylation sites (N-methyl/N-ethyl adjacent to an activating group) is 1. The lowest BCUT2D eigenvalue weighted by Crippen LogP contribution is -2.47. The molecule has 1 atom stereocenters. The van der Waals surface area contributed by atoms with E-state index in [2.05, 4.69) is 9.71 Å². The molecule has 0 saturated carbocycles. The molecule has 2 aromatic heterocycles. The molecule has 33 heavy (non-hydrogen) atoms. The van der Waals surface area contributed by atoms with E-state index in [4.69, 9.17) is 5.73 Å². The largest absolute Gasteiger partial charge is 0.385 e. The van der Waals surface area contributed by atoms with Crippen LogP contribution in [0.15, 0.2) is 84.0 Å². The summed E-state index contributed by atoms with van der Waals surface area (Å²) in [6, 6.07) is 18.9. The molecule has 4 aromatic rings. The number of amides is 1. The maximum atomic E-state index is 13.4. The van der Waals surface area contributed by atoms with E-state index in [0.29, 0.717) is 29.8 Å². The summed E-state index contributed by atoms with van der Waals surface area (Å²) in [5.74, 6) is 0.244. The Balaban J connectivity index is 1.59. The first-order valence-corrected chi connectivity index (χ1v) is 12.1. The predicted octanol–water partition coefficient (Wildman–Crippen LogP) is 2.95. The molecule has 0 spiro atoms. The number of H-pyrrole nitrogens is 1. The van der Waals surface area contributed by atoms with Gasteiger partial charge >= 0.3 is 0 Å². The van der Waals surface area contributed by atoms with Crippen molar-refractivity contribution in [2.45, 2.75) is 30.4 Å². The standard InChI is InChI=1S/C24H27N5O3S/c1-28(17-18-7-3-2-4-8-18)24(30)21(13-16-29-15-6-11-23(29)25)27-33(31,32)22-10-5-9-20-19(22)12-14-26-20/h2-12,14-15,21,26-27H,13,16-17,25H2,1H3. The summed E-state index contributed by atoms with van der Waals surface area (Å²) in [7, 11) is -2.29. The second-order valence-electron chi connectivity index (χ2n) is 7.96. The molecule has 4 rings (SSSR count). The van der Waals surface area contributed by atoms with Crippen LogP contribution in [0.4, 0.5) is 5.82 Å². The first-order valence-electron chi connectivity index (χ1n) is 10.6. The van der Waals surface area contributed by atoms with Gasteiger partial charge in [-0.1, -0.05) is 36.4 Å². The second-order valence-corrected chi connectivity index (χ2v) is 9.65. The number of nitrogens with one attached hydrogen (secondary N) is 2. The highest BCUT2D eigenvalue weighted by Gasteiger charge is 2.29. The molecule has 1 amide bonds. The summed E-state index contributed by atoms with van der Waals surface area (Å²) in [6.07, 6.45) is 3.74. The number of carbonyl (C=O) groups excluding carboxylic acids is 1. The highest BCUT2D eigenvalue weighted by atomic mass is 32.2. The first-order chi connectivity index (χ1) is 15.8. The van der Waals surface area contributed by atoms with E-state index < -0.39 is 16.1 Å². The zero-order chi connectivity index (χ0) is 23.4. The molecule has 172 valence electrons. The summed E-state index contributed by atoms with van der Waals surface area (Å²) >= 11 is 0. The number of hydrogen-bond donors (Lipinski definition) is 3. The van der Waals surface area contributed by atoms with Crippen LogP contribution in [0.5, 0.6) is 0 Å². The number of nitrogens with two attached hydrogens (primary N) is 1. The average molecular weight is 466 g/mol. The van der Waals surface area contributed by atoms with Crippen LogP contribution in [0.25, 0.3) is 10.9 Å². The fraction of sp³-hybridized carbons (Fsp3) is 0.208. The van der Waals surface area contributed by atoms with Gasteiger partial charge in [-0.25, -0.2) is 8.42 Å². The molecule has 4 N–H and O–H groups in total. The third-order valence-corrected chi connectivity index (χ3v) is 7.13. The molecular formula is C24H27N5O3S. The van der Waals surface area contributed by atoms with Crippen molar-refractivity contribution < 1.29 is 13.2 Å². The van der Waals surface area contributed by atoms with Crippen LogP contribution in [0.3, 0.4) is 0 Å². The van der Waals surface area contributed by atoms with Crippen LogP contribution >= 0.6 is 0 Å². The highest BCUT2D eigenvalue weighted by molar-refractivity contribution is 7.89. The molecular weight excluding hydrogens is 438 g/mol. The molecule has 0 aliphatic carbocycles. The third-order valence-electron chi connectivity index (χ3n) is 5.60. The van der Waals surface area contributed by atoms with Crippen molar-refractivity contribution in [3.63, 3.8) is 0 Å². The van der Waals surface area contributed by atoms with Gasteiger partial charge in [-0.15, -0.1) is 0 Å². The number of sulfonamides is 1. The van der Waals surface area contributed by atoms with Gasteiger partial charge in [-0.3, -0.25) is 4.79 Å². The van der Waals surface area contributed by atoms with Gasteiger partial charge in [0.2, 0.25) is 15.9 Å². The summed E-state index contributed by atoms with van der Waals surface area (Å²) in [6.45, 7) is 0.766. The summed E-state index contributed by atoms with van der Waals surface area (Å²) in [5, 5.41) is 0.573. The Morgan fingerprint density at radius 1 is 1.09 bits per heavy atom. The summed E-state index contributed by atoms with van der Waals surface area (Å²) in [4.78, 5) is 18.1. The lowest BCUT2D eigenvalue weighted by molar-refractivity contribution is -0.132. The van der Waals surface area contributed by atoms with Crippen LogP contribution in [-0.2, 0) is 27.9 Å². The fourth-order valence-electron chi connectivity index (χ4n) is 3.87. The van der Waals surface area contributed by atoms with E-state index >= 15 is 0 Å². The van der Waals surface area contributed by atoms with Gasteiger partial charge in [-0.2, -0.15) is 4.72 Å². The van der Waals surface area contributed by atoms with Gasteiger partial charge in [0.1, 0.15) is 11.9 Å². The summed E-state index contributed by atoms with van der Waals surface area (Å²) < 4.78 is 31.1. The van der Waals surface area contributed by atoms with E-state index in [1.54, 1.807) is 53.2 Å². The van der Waals surface area contributed by atoms with Gasteiger partial charge in [0.25, 0.3) is 0 Å². The predicted molar refractivity (Wildman–Crippen MR) is 129 cm³/mol. The number of fused-ring (bicyclic) bond motifs is 1. The Bertz CT molecular complexity index is 1340. The molecule has 0 bridgehead atoms. The zero-order valence-corrected chi connectivity index (χ0v) is 19.1. The highest BCUT2D eigenvalue weighted by Crippen LogP contribution is 2.23. The van der Waals surface area contributed by atoms with E-state index in [9.17, 15) is 13.2 Å². The smallest absolute Gasteiger partial charge is 0.241 e. The molecule has 2 heterocycles. The lowest BCUT2D eigenvalue weighted by Gasteiger charge is -2.25. The van der Waals surface area contributed by atoms with Gasteiger partial charge in [0, 0.05) is 43.4 Å². The molecule has 2 aromatic carbocycles. The minimum absolute atomic E-state index is 0.130. The Morgan fingerprint density at radius 3 is 2.61 bits per heavy atom. The molecule has 8 nitrogen and oxygen atoms in total. The quantitative estimate of drug-likeness (QED) is 0.353. The zero-order valence-electron chi connectivity index (χ0n) is 18.3. The Hall–Kier alpha value is -3.56. The normalized spacial score (nSPS) is 12.6. The minimum Gasteiger partial charge on any atom is -0.385 e. The molecule has 9 heteroatoms. The van der Waals surface area contributed by atoms with Gasteiger partial charge < -0.3 is 20.2 Å². The van der Waals surface area contributed by atoms with Gasteiger partial charge in [0.05, 0.1) is 4.90 Å². The number of hydrogen-bond acceptors (Lipinski definition) is 4. The number of benzene rings is 2. The first kappa shape index (κ1) is 22.6. The van der Waals surface area contributed by atoms with Crippen molar-refractivity contribution in [3.05, 3.63) is 84.7 Å². The Labute approximate surface area is 193 Å². The topological polar surface area (TPSA) is 113 Å². The van der Waals surface area contributed by atoms with E-state index in [1.807, 2.05) is 36.4 Å². The van der Waals surface area contributed by atoms with E-state index in [1.165, 1.54) is 6.07 Å². The number of nitrogen functional groups attached to an aromatic ring is 1. The number of nitrogens with zero attached hydrogens (tertiary/aromatic N) is 2. The summed E-state index contributed by atoms with van der Waals surface area (Å²) in [5.41, 5.74) is 7.63. The minimum atomic E-state index is -3.97. The van der Waals surface area contributed by atoms with Crippen LogP contribution in [-0.4, -0.2) is 41.9 Å². The Morgan fingerprint density at radius 2 is 1.88 bits per heavy atom. The second kappa shape index (κ2) is 9.51. The Kier molecular flexibility index (Phi) is 6.52. The number of anilines is 1. The van der Waals surface area contributed by atoms with E-state index in [0.717, 1.165) is 5.56 Å². The fourth-order valence-corrected chi connectivity index (χ4v) is 5.32. The third kappa shape index (κ3) is 5.10. The van der Waals surface area contributed by atoms with E-state index in [-0.39, 0.29) is 17.2 Å².